The first-order chi connectivity index (χ1) is 20.6. The van der Waals surface area contributed by atoms with Crippen molar-refractivity contribution in [3.8, 4) is 17.8 Å². The van der Waals surface area contributed by atoms with Crippen molar-refractivity contribution in [3.63, 3.8) is 0 Å². The fourth-order valence-electron chi connectivity index (χ4n) is 6.79. The lowest BCUT2D eigenvalue weighted by atomic mass is 10.0. The lowest BCUT2D eigenvalue weighted by Gasteiger charge is -2.42. The van der Waals surface area contributed by atoms with Gasteiger partial charge in [-0.2, -0.15) is 15.2 Å². The number of rotatable bonds is 7. The first-order valence-corrected chi connectivity index (χ1v) is 15.3. The van der Waals surface area contributed by atoms with Crippen LogP contribution < -0.4 is 19.3 Å². The highest BCUT2D eigenvalue weighted by Crippen LogP contribution is 2.39. The summed E-state index contributed by atoms with van der Waals surface area (Å²) in [5.74, 6) is 1.74. The van der Waals surface area contributed by atoms with Crippen LogP contribution in [0, 0.1) is 11.3 Å². The highest BCUT2D eigenvalue weighted by atomic mass is 16.5. The number of piperazine rings is 1. The van der Waals surface area contributed by atoms with Gasteiger partial charge in [-0.25, -0.2) is 0 Å². The standard InChI is InChI=1S/C32H41N7O3/c1-3-29(40)39-18-17-38(20-24(39)12-14-33)31-26-13-16-37(28-11-6-9-23-8-4-5-19-41-30(23)28)21-27(26)34-32(35-31)42-22-25-10-7-15-36(25)2/h3,6,9,11,24-25H,1,4-5,7-8,10,12-13,15-22H2,2H3/t24-,25-/m0/s1. The third kappa shape index (κ3) is 5.75. The number of nitriles is 1. The molecule has 2 fully saturated rings. The van der Waals surface area contributed by atoms with Crippen molar-refractivity contribution in [2.24, 2.45) is 0 Å². The number of aromatic nitrogens is 2. The lowest BCUT2D eigenvalue weighted by Crippen LogP contribution is -2.55. The molecule has 1 amide bonds. The fraction of sp³-hybridized carbons (Fsp3) is 0.562. The number of nitrogens with zero attached hydrogens (tertiary/aromatic N) is 7. The number of aryl methyl sites for hydroxylation is 1. The average molecular weight is 572 g/mol. The molecule has 1 aromatic carbocycles. The number of fused-ring (bicyclic) bond motifs is 2. The molecule has 2 saturated heterocycles. The van der Waals surface area contributed by atoms with Gasteiger partial charge in [0.25, 0.3) is 0 Å². The van der Waals surface area contributed by atoms with Crippen LogP contribution >= 0.6 is 0 Å². The minimum atomic E-state index is -0.228. The zero-order valence-corrected chi connectivity index (χ0v) is 24.6. The molecule has 0 spiro atoms. The van der Waals surface area contributed by atoms with Crippen molar-refractivity contribution in [3.05, 3.63) is 47.7 Å². The Balaban J connectivity index is 1.31. The Labute approximate surface area is 248 Å². The minimum absolute atomic E-state index is 0.135. The monoisotopic (exact) mass is 571 g/mol. The zero-order chi connectivity index (χ0) is 29.1. The Morgan fingerprint density at radius 2 is 2.05 bits per heavy atom. The molecule has 0 unspecified atom stereocenters. The summed E-state index contributed by atoms with van der Waals surface area (Å²) in [5.41, 5.74) is 4.49. The van der Waals surface area contributed by atoms with E-state index in [1.54, 1.807) is 4.90 Å². The van der Waals surface area contributed by atoms with Crippen molar-refractivity contribution < 1.29 is 14.3 Å². The second-order valence-electron chi connectivity index (χ2n) is 11.8. The topological polar surface area (TPSA) is 98.1 Å². The van der Waals surface area contributed by atoms with Crippen molar-refractivity contribution in [2.75, 3.05) is 62.8 Å². The number of benzene rings is 1. The molecule has 0 bridgehead atoms. The number of likely N-dealkylation sites (tertiary alicyclic amines) is 1. The molecule has 4 aliphatic rings. The fourth-order valence-corrected chi connectivity index (χ4v) is 6.79. The summed E-state index contributed by atoms with van der Waals surface area (Å²) in [6, 6.07) is 9.27. The number of carbonyl (C=O) groups excluding carboxylic acids is 1. The second kappa shape index (κ2) is 12.6. The Morgan fingerprint density at radius 3 is 2.86 bits per heavy atom. The van der Waals surface area contributed by atoms with Crippen LogP contribution in [-0.2, 0) is 24.2 Å². The maximum atomic E-state index is 12.5. The molecule has 4 aliphatic heterocycles. The molecular formula is C32H41N7O3. The number of carbonyl (C=O) groups is 1. The van der Waals surface area contributed by atoms with Gasteiger partial charge in [0.1, 0.15) is 18.2 Å². The van der Waals surface area contributed by atoms with Gasteiger partial charge in [0.05, 0.1) is 43.1 Å². The summed E-state index contributed by atoms with van der Waals surface area (Å²) in [7, 11) is 2.14. The molecule has 42 heavy (non-hydrogen) atoms. The maximum Gasteiger partial charge on any atom is 0.318 e. The van der Waals surface area contributed by atoms with E-state index < -0.39 is 0 Å². The predicted octanol–water partition coefficient (Wildman–Crippen LogP) is 3.34. The van der Waals surface area contributed by atoms with Crippen LogP contribution in [0.3, 0.4) is 0 Å². The van der Waals surface area contributed by atoms with Crippen LogP contribution in [0.2, 0.25) is 0 Å². The molecule has 6 rings (SSSR count). The van der Waals surface area contributed by atoms with E-state index in [1.165, 1.54) is 18.1 Å². The van der Waals surface area contributed by atoms with Crippen molar-refractivity contribution in [1.82, 2.24) is 19.8 Å². The van der Waals surface area contributed by atoms with Crippen LogP contribution in [0.1, 0.15) is 48.9 Å². The highest BCUT2D eigenvalue weighted by Gasteiger charge is 2.34. The summed E-state index contributed by atoms with van der Waals surface area (Å²) in [6.07, 6.45) is 7.92. The highest BCUT2D eigenvalue weighted by molar-refractivity contribution is 5.87. The van der Waals surface area contributed by atoms with Gasteiger partial charge in [0.2, 0.25) is 5.91 Å². The molecule has 0 saturated carbocycles. The van der Waals surface area contributed by atoms with E-state index in [1.807, 2.05) is 0 Å². The van der Waals surface area contributed by atoms with Crippen LogP contribution in [0.25, 0.3) is 0 Å². The third-order valence-corrected chi connectivity index (χ3v) is 9.17. The summed E-state index contributed by atoms with van der Waals surface area (Å²) >= 11 is 0. The number of amides is 1. The third-order valence-electron chi connectivity index (χ3n) is 9.17. The first kappa shape index (κ1) is 28.3. The summed E-state index contributed by atoms with van der Waals surface area (Å²) < 4.78 is 12.6. The smallest absolute Gasteiger partial charge is 0.318 e. The predicted molar refractivity (Wildman–Crippen MR) is 161 cm³/mol. The Hall–Kier alpha value is -3.84. The summed E-state index contributed by atoms with van der Waals surface area (Å²) in [6.45, 7) is 9.17. The SMILES string of the molecule is C=CC(=O)N1CCN(c2nc(OC[C@@H]3CCCN3C)nc3c2CCN(c2cccc4c2OCCCC4)C3)C[C@@H]1CC#N. The summed E-state index contributed by atoms with van der Waals surface area (Å²) in [4.78, 5) is 31.2. The molecule has 0 aliphatic carbocycles. The largest absolute Gasteiger partial charge is 0.491 e. The van der Waals surface area contributed by atoms with Gasteiger partial charge in [0, 0.05) is 37.8 Å². The quantitative estimate of drug-likeness (QED) is 0.464. The van der Waals surface area contributed by atoms with E-state index >= 15 is 0 Å². The van der Waals surface area contributed by atoms with Gasteiger partial charge in [-0.1, -0.05) is 18.7 Å². The summed E-state index contributed by atoms with van der Waals surface area (Å²) in [5, 5.41) is 9.52. The van der Waals surface area contributed by atoms with Gasteiger partial charge >= 0.3 is 6.01 Å². The molecule has 0 N–H and O–H groups in total. The van der Waals surface area contributed by atoms with Crippen molar-refractivity contribution >= 4 is 17.4 Å². The molecule has 2 atom stereocenters. The molecule has 222 valence electrons. The van der Waals surface area contributed by atoms with Crippen LogP contribution in [0.4, 0.5) is 11.5 Å². The number of anilines is 2. The number of para-hydroxylation sites is 1. The number of likely N-dealkylation sites (N-methyl/N-ethyl adjacent to an activating group) is 1. The Morgan fingerprint density at radius 1 is 1.14 bits per heavy atom. The van der Waals surface area contributed by atoms with E-state index in [0.717, 1.165) is 80.3 Å². The molecule has 0 radical (unpaired) electrons. The molecule has 2 aromatic rings. The number of ether oxygens (including phenoxy) is 2. The van der Waals surface area contributed by atoms with Crippen LogP contribution in [0.15, 0.2) is 30.9 Å². The number of hydrogen-bond donors (Lipinski definition) is 0. The molecular weight excluding hydrogens is 530 g/mol. The molecule has 5 heterocycles. The molecule has 10 nitrogen and oxygen atoms in total. The van der Waals surface area contributed by atoms with E-state index in [2.05, 4.69) is 52.6 Å². The average Bonchev–Trinajstić information content (AvgIpc) is 3.27. The Kier molecular flexibility index (Phi) is 8.47. The van der Waals surface area contributed by atoms with Gasteiger partial charge < -0.3 is 29.1 Å². The van der Waals surface area contributed by atoms with Gasteiger partial charge in [-0.05, 0) is 69.8 Å². The van der Waals surface area contributed by atoms with Crippen molar-refractivity contribution in [2.45, 2.75) is 63.6 Å². The first-order valence-electron chi connectivity index (χ1n) is 15.3. The van der Waals surface area contributed by atoms with E-state index in [0.29, 0.717) is 44.8 Å². The van der Waals surface area contributed by atoms with Crippen molar-refractivity contribution in [1.29, 1.82) is 5.26 Å². The van der Waals surface area contributed by atoms with Gasteiger partial charge in [-0.3, -0.25) is 4.79 Å². The molecule has 1 aromatic heterocycles. The van der Waals surface area contributed by atoms with E-state index in [-0.39, 0.29) is 18.4 Å². The Bertz CT molecular complexity index is 1360. The van der Waals surface area contributed by atoms with E-state index in [9.17, 15) is 10.1 Å². The zero-order valence-electron chi connectivity index (χ0n) is 24.6. The normalized spacial score (nSPS) is 22.4. The van der Waals surface area contributed by atoms with Gasteiger partial charge in [0.15, 0.2) is 0 Å². The number of hydrogen-bond acceptors (Lipinski definition) is 9. The second-order valence-corrected chi connectivity index (χ2v) is 11.8. The van der Waals surface area contributed by atoms with Crippen LogP contribution in [-0.4, -0.2) is 90.7 Å². The van der Waals surface area contributed by atoms with Crippen LogP contribution in [0.5, 0.6) is 11.8 Å². The van der Waals surface area contributed by atoms with E-state index in [4.69, 9.17) is 19.4 Å². The minimum Gasteiger partial charge on any atom is -0.491 e. The molecule has 10 heteroatoms. The van der Waals surface area contributed by atoms with Gasteiger partial charge in [-0.15, -0.1) is 0 Å². The maximum absolute atomic E-state index is 12.5. The lowest BCUT2D eigenvalue weighted by molar-refractivity contribution is -0.128.